The lowest BCUT2D eigenvalue weighted by molar-refractivity contribution is 0.666. The Balaban J connectivity index is 1.13. The van der Waals surface area contributed by atoms with Gasteiger partial charge >= 0.3 is 0 Å². The predicted octanol–water partition coefficient (Wildman–Crippen LogP) is 13.6. The third kappa shape index (κ3) is 4.16. The molecule has 5 heterocycles. The lowest BCUT2D eigenvalue weighted by Gasteiger charge is -2.12. The average Bonchev–Trinajstić information content (AvgIpc) is 4.04. The highest BCUT2D eigenvalue weighted by Crippen LogP contribution is 2.43. The molecule has 6 heteroatoms. The third-order valence-electron chi connectivity index (χ3n) is 11.9. The van der Waals surface area contributed by atoms with E-state index in [1.807, 2.05) is 6.07 Å². The fraction of sp³-hybridized carbons (Fsp3) is 0.0392. The van der Waals surface area contributed by atoms with Crippen molar-refractivity contribution in [1.29, 1.82) is 0 Å². The van der Waals surface area contributed by atoms with Gasteiger partial charge in [-0.15, -0.1) is 0 Å². The number of hydrogen-bond donors (Lipinski definition) is 0. The number of para-hydroxylation sites is 6. The summed E-state index contributed by atoms with van der Waals surface area (Å²) in [6.45, 7) is 4.27. The van der Waals surface area contributed by atoms with E-state index in [2.05, 4.69) is 179 Å². The van der Waals surface area contributed by atoms with Gasteiger partial charge in [0.2, 0.25) is 5.78 Å². The van der Waals surface area contributed by atoms with Crippen LogP contribution in [0.3, 0.4) is 0 Å². The van der Waals surface area contributed by atoms with E-state index in [1.54, 1.807) is 0 Å². The summed E-state index contributed by atoms with van der Waals surface area (Å²) < 4.78 is 20.4. The van der Waals surface area contributed by atoms with E-state index in [-0.39, 0.29) is 0 Å². The summed E-state index contributed by atoms with van der Waals surface area (Å²) in [6, 6.07) is 56.4. The Hall–Kier alpha value is -7.57. The molecule has 13 aromatic rings. The van der Waals surface area contributed by atoms with Gasteiger partial charge in [0, 0.05) is 32.3 Å². The maximum atomic E-state index is 6.81. The SMILES string of the molecule is Cc1ccc2oc3c(-n4c5ccccc5c5ccc(-c6cc(-n7c8ccccc8n8c9ccccc9nc78)c7oc8ccc(C)cc8c7c6)cc54)cccc3c2c1. The molecular weight excluding hydrogens is 701 g/mol. The number of nitrogens with zero attached hydrogens (tertiary/aromatic N) is 4. The molecule has 0 bridgehead atoms. The molecule has 0 aliphatic heterocycles. The molecule has 0 N–H and O–H groups in total. The lowest BCUT2D eigenvalue weighted by atomic mass is 9.99. The van der Waals surface area contributed by atoms with Crippen molar-refractivity contribution in [1.82, 2.24) is 18.5 Å². The maximum Gasteiger partial charge on any atom is 0.220 e. The molecule has 0 spiro atoms. The Morgan fingerprint density at radius 3 is 1.86 bits per heavy atom. The second kappa shape index (κ2) is 11.0. The highest BCUT2D eigenvalue weighted by molar-refractivity contribution is 6.14. The number of aryl methyl sites for hydroxylation is 2. The smallest absolute Gasteiger partial charge is 0.220 e. The van der Waals surface area contributed by atoms with Crippen molar-refractivity contribution in [2.24, 2.45) is 0 Å². The van der Waals surface area contributed by atoms with Crippen LogP contribution in [0.4, 0.5) is 0 Å². The summed E-state index contributed by atoms with van der Waals surface area (Å²) in [6.07, 6.45) is 0. The number of rotatable bonds is 3. The highest BCUT2D eigenvalue weighted by atomic mass is 16.3. The van der Waals surface area contributed by atoms with Crippen molar-refractivity contribution in [2.45, 2.75) is 13.8 Å². The molecule has 0 saturated heterocycles. The van der Waals surface area contributed by atoms with Gasteiger partial charge in [-0.2, -0.15) is 0 Å². The molecule has 0 amide bonds. The van der Waals surface area contributed by atoms with Gasteiger partial charge in [0.25, 0.3) is 0 Å². The summed E-state index contributed by atoms with van der Waals surface area (Å²) in [4.78, 5) is 5.23. The predicted molar refractivity (Wildman–Crippen MR) is 233 cm³/mol. The van der Waals surface area contributed by atoms with Gasteiger partial charge in [0.05, 0.1) is 44.5 Å². The number of fused-ring (bicyclic) bond motifs is 14. The molecule has 0 radical (unpaired) electrons. The molecule has 268 valence electrons. The van der Waals surface area contributed by atoms with Crippen LogP contribution in [0.15, 0.2) is 167 Å². The second-order valence-corrected chi connectivity index (χ2v) is 15.4. The monoisotopic (exact) mass is 732 g/mol. The number of benzene rings is 8. The van der Waals surface area contributed by atoms with Gasteiger partial charge in [-0.3, -0.25) is 8.97 Å². The van der Waals surface area contributed by atoms with Gasteiger partial charge in [0.15, 0.2) is 11.2 Å². The minimum Gasteiger partial charge on any atom is -0.454 e. The molecule has 0 saturated carbocycles. The van der Waals surface area contributed by atoms with Gasteiger partial charge < -0.3 is 13.4 Å². The zero-order chi connectivity index (χ0) is 37.5. The van der Waals surface area contributed by atoms with E-state index in [4.69, 9.17) is 13.8 Å². The second-order valence-electron chi connectivity index (χ2n) is 15.4. The van der Waals surface area contributed by atoms with Crippen molar-refractivity contribution < 1.29 is 8.83 Å². The number of imidazole rings is 2. The molecule has 0 atom stereocenters. The van der Waals surface area contributed by atoms with Crippen molar-refractivity contribution >= 4 is 93.5 Å². The zero-order valence-electron chi connectivity index (χ0n) is 31.1. The molecule has 0 aliphatic carbocycles. The molecular formula is C51H32N4O2. The Bertz CT molecular complexity index is 3850. The van der Waals surface area contributed by atoms with Crippen LogP contribution in [0.25, 0.3) is 116 Å². The third-order valence-corrected chi connectivity index (χ3v) is 11.9. The van der Waals surface area contributed by atoms with Crippen LogP contribution in [0, 0.1) is 13.8 Å². The number of furan rings is 2. The van der Waals surface area contributed by atoms with Crippen molar-refractivity contribution in [3.63, 3.8) is 0 Å². The van der Waals surface area contributed by atoms with Crippen LogP contribution in [-0.2, 0) is 0 Å². The van der Waals surface area contributed by atoms with E-state index in [0.717, 1.165) is 105 Å². The summed E-state index contributed by atoms with van der Waals surface area (Å²) in [5, 5.41) is 6.79. The standard InChI is InChI=1S/C51H32N4O2/c1-29-18-22-47-36(24-29)35-11-9-17-44(49(35)56-47)53-40-13-5-3-10-33(40)34-21-20-31(27-45(34)53)32-26-38-37-25-30(2)19-23-48(37)57-50(38)46(28-32)55-43-16-8-7-15-42(43)54-41-14-6-4-12-39(41)52-51(54)55/h3-28H,1-2H3. The first-order chi connectivity index (χ1) is 28.1. The normalized spacial score (nSPS) is 12.4. The lowest BCUT2D eigenvalue weighted by Crippen LogP contribution is -1.97. The minimum atomic E-state index is 0.830. The molecule has 0 unspecified atom stereocenters. The molecule has 6 nitrogen and oxygen atoms in total. The van der Waals surface area contributed by atoms with Crippen LogP contribution in [0.5, 0.6) is 0 Å². The Kier molecular flexibility index (Phi) is 5.94. The molecule has 57 heavy (non-hydrogen) atoms. The fourth-order valence-corrected chi connectivity index (χ4v) is 9.38. The van der Waals surface area contributed by atoms with Gasteiger partial charge in [-0.1, -0.05) is 90.0 Å². The summed E-state index contributed by atoms with van der Waals surface area (Å²) in [7, 11) is 0. The highest BCUT2D eigenvalue weighted by Gasteiger charge is 2.23. The van der Waals surface area contributed by atoms with Gasteiger partial charge in [0.1, 0.15) is 11.2 Å². The van der Waals surface area contributed by atoms with Crippen LogP contribution < -0.4 is 0 Å². The van der Waals surface area contributed by atoms with E-state index in [9.17, 15) is 0 Å². The summed E-state index contributed by atoms with van der Waals surface area (Å²) in [5.41, 5.74) is 16.4. The quantitative estimate of drug-likeness (QED) is 0.182. The Morgan fingerprint density at radius 2 is 1.05 bits per heavy atom. The first kappa shape index (κ1) is 30.7. The first-order valence-electron chi connectivity index (χ1n) is 19.4. The van der Waals surface area contributed by atoms with Crippen molar-refractivity contribution in [3.8, 4) is 22.5 Å². The van der Waals surface area contributed by atoms with Crippen molar-refractivity contribution in [2.75, 3.05) is 0 Å². The average molecular weight is 733 g/mol. The van der Waals surface area contributed by atoms with Crippen molar-refractivity contribution in [3.05, 3.63) is 169 Å². The summed E-state index contributed by atoms with van der Waals surface area (Å²) >= 11 is 0. The van der Waals surface area contributed by atoms with Crippen LogP contribution in [0.2, 0.25) is 0 Å². The zero-order valence-corrected chi connectivity index (χ0v) is 31.1. The summed E-state index contributed by atoms with van der Waals surface area (Å²) in [5.74, 6) is 0.845. The fourth-order valence-electron chi connectivity index (χ4n) is 9.38. The van der Waals surface area contributed by atoms with Crippen LogP contribution in [-0.4, -0.2) is 18.5 Å². The molecule has 5 aromatic heterocycles. The van der Waals surface area contributed by atoms with E-state index >= 15 is 0 Å². The minimum absolute atomic E-state index is 0.830. The number of aromatic nitrogens is 4. The topological polar surface area (TPSA) is 53.4 Å². The Morgan fingerprint density at radius 1 is 0.404 bits per heavy atom. The largest absolute Gasteiger partial charge is 0.454 e. The molecule has 0 aliphatic rings. The van der Waals surface area contributed by atoms with Crippen LogP contribution >= 0.6 is 0 Å². The van der Waals surface area contributed by atoms with E-state index < -0.39 is 0 Å². The number of hydrogen-bond acceptors (Lipinski definition) is 3. The van der Waals surface area contributed by atoms with E-state index in [0.29, 0.717) is 0 Å². The van der Waals surface area contributed by atoms with Gasteiger partial charge in [-0.05, 0) is 104 Å². The molecule has 8 aromatic carbocycles. The first-order valence-corrected chi connectivity index (χ1v) is 19.4. The van der Waals surface area contributed by atoms with Crippen LogP contribution in [0.1, 0.15) is 11.1 Å². The van der Waals surface area contributed by atoms with Gasteiger partial charge in [-0.25, -0.2) is 4.98 Å². The Labute approximate surface area is 325 Å². The van der Waals surface area contributed by atoms with E-state index in [1.165, 1.54) is 21.9 Å². The molecule has 13 rings (SSSR count). The maximum absolute atomic E-state index is 6.81. The molecule has 0 fully saturated rings.